The van der Waals surface area contributed by atoms with E-state index in [4.69, 9.17) is 27.9 Å². The van der Waals surface area contributed by atoms with Gasteiger partial charge < -0.3 is 10.1 Å². The molecule has 0 heterocycles. The zero-order valence-electron chi connectivity index (χ0n) is 12.0. The van der Waals surface area contributed by atoms with Gasteiger partial charge in [-0.25, -0.2) is 0 Å². The lowest BCUT2D eigenvalue weighted by Gasteiger charge is -2.13. The minimum Gasteiger partial charge on any atom is -0.492 e. The lowest BCUT2D eigenvalue weighted by Crippen LogP contribution is -2.17. The summed E-state index contributed by atoms with van der Waals surface area (Å²) in [6.07, 6.45) is 0.985. The maximum absolute atomic E-state index is 6.18. The molecule has 21 heavy (non-hydrogen) atoms. The fraction of sp³-hybridized carbons (Fsp3) is 0.294. The maximum Gasteiger partial charge on any atom is 0.142 e. The first-order valence-electron chi connectivity index (χ1n) is 7.06. The highest BCUT2D eigenvalue weighted by molar-refractivity contribution is 6.35. The van der Waals surface area contributed by atoms with Crippen molar-refractivity contribution in [2.24, 2.45) is 0 Å². The molecule has 0 unspecified atom stereocenters. The van der Waals surface area contributed by atoms with Crippen molar-refractivity contribution in [3.8, 4) is 5.75 Å². The van der Waals surface area contributed by atoms with Gasteiger partial charge in [-0.1, -0.05) is 53.5 Å². The Labute approximate surface area is 136 Å². The van der Waals surface area contributed by atoms with Crippen LogP contribution in [0.4, 0.5) is 0 Å². The van der Waals surface area contributed by atoms with Crippen LogP contribution in [0.3, 0.4) is 0 Å². The van der Waals surface area contributed by atoms with E-state index in [0.29, 0.717) is 23.2 Å². The third-order valence-corrected chi connectivity index (χ3v) is 3.62. The van der Waals surface area contributed by atoms with Gasteiger partial charge in [0.25, 0.3) is 0 Å². The fourth-order valence-electron chi connectivity index (χ4n) is 2.15. The molecule has 0 atom stereocenters. The molecule has 0 radical (unpaired) electrons. The average Bonchev–Trinajstić information content (AvgIpc) is 2.48. The zero-order valence-corrected chi connectivity index (χ0v) is 13.5. The molecule has 2 nitrogen and oxygen atoms in total. The standard InChI is InChI=1S/C17H19Cl2NO/c1-2-21-17-14(10-15(18)11-16(17)19)12-20-9-8-13-6-4-3-5-7-13/h3-7,10-11,20H,2,8-9,12H2,1H3. The summed E-state index contributed by atoms with van der Waals surface area (Å²) < 4.78 is 5.61. The molecule has 0 amide bonds. The van der Waals surface area contributed by atoms with Crippen molar-refractivity contribution in [2.45, 2.75) is 19.9 Å². The second-order valence-corrected chi connectivity index (χ2v) is 5.56. The molecule has 112 valence electrons. The van der Waals surface area contributed by atoms with E-state index >= 15 is 0 Å². The highest BCUT2D eigenvalue weighted by atomic mass is 35.5. The summed E-state index contributed by atoms with van der Waals surface area (Å²) in [6.45, 7) is 4.10. The molecule has 0 aromatic heterocycles. The van der Waals surface area contributed by atoms with Crippen molar-refractivity contribution >= 4 is 23.2 Å². The summed E-state index contributed by atoms with van der Waals surface area (Å²) in [4.78, 5) is 0. The van der Waals surface area contributed by atoms with Crippen molar-refractivity contribution in [1.82, 2.24) is 5.32 Å². The predicted molar refractivity (Wildman–Crippen MR) is 89.5 cm³/mol. The summed E-state index contributed by atoms with van der Waals surface area (Å²) in [5, 5.41) is 4.59. The number of hydrogen-bond donors (Lipinski definition) is 1. The first-order valence-corrected chi connectivity index (χ1v) is 7.81. The summed E-state index contributed by atoms with van der Waals surface area (Å²) in [5.74, 6) is 0.718. The molecular formula is C17H19Cl2NO. The first kappa shape index (κ1) is 16.2. The Kier molecular flexibility index (Phi) is 6.37. The third kappa shape index (κ3) is 4.92. The summed E-state index contributed by atoms with van der Waals surface area (Å²) in [5.41, 5.74) is 2.31. The highest BCUT2D eigenvalue weighted by Crippen LogP contribution is 2.32. The average molecular weight is 324 g/mol. The zero-order chi connectivity index (χ0) is 15.1. The summed E-state index contributed by atoms with van der Waals surface area (Å²) in [7, 11) is 0. The number of rotatable bonds is 7. The minimum atomic E-state index is 0.559. The van der Waals surface area contributed by atoms with E-state index in [1.165, 1.54) is 5.56 Å². The van der Waals surface area contributed by atoms with Crippen LogP contribution in [0.25, 0.3) is 0 Å². The molecule has 0 bridgehead atoms. The highest BCUT2D eigenvalue weighted by Gasteiger charge is 2.10. The van der Waals surface area contributed by atoms with Crippen LogP contribution in [0, 0.1) is 0 Å². The Morgan fingerprint density at radius 3 is 2.57 bits per heavy atom. The molecule has 0 saturated heterocycles. The van der Waals surface area contributed by atoms with E-state index in [1.807, 2.05) is 19.1 Å². The van der Waals surface area contributed by atoms with Gasteiger partial charge in [0.2, 0.25) is 0 Å². The minimum absolute atomic E-state index is 0.559. The van der Waals surface area contributed by atoms with E-state index < -0.39 is 0 Å². The first-order chi connectivity index (χ1) is 10.2. The molecule has 0 saturated carbocycles. The quantitative estimate of drug-likeness (QED) is 0.744. The maximum atomic E-state index is 6.18. The van der Waals surface area contributed by atoms with Gasteiger partial charge in [-0.2, -0.15) is 0 Å². The molecule has 1 N–H and O–H groups in total. The second-order valence-electron chi connectivity index (χ2n) is 4.72. The van der Waals surface area contributed by atoms with Crippen LogP contribution in [0.1, 0.15) is 18.1 Å². The second kappa shape index (κ2) is 8.28. The van der Waals surface area contributed by atoms with Crippen molar-refractivity contribution < 1.29 is 4.74 Å². The molecule has 2 rings (SSSR count). The van der Waals surface area contributed by atoms with Crippen LogP contribution in [-0.4, -0.2) is 13.2 Å². The largest absolute Gasteiger partial charge is 0.492 e. The van der Waals surface area contributed by atoms with Gasteiger partial charge in [0, 0.05) is 17.1 Å². The molecule has 0 aliphatic rings. The van der Waals surface area contributed by atoms with Crippen LogP contribution < -0.4 is 10.1 Å². The van der Waals surface area contributed by atoms with Crippen molar-refractivity contribution in [2.75, 3.05) is 13.2 Å². The van der Waals surface area contributed by atoms with Crippen molar-refractivity contribution in [3.05, 3.63) is 63.6 Å². The Balaban J connectivity index is 1.93. The SMILES string of the molecule is CCOc1c(Cl)cc(Cl)cc1CNCCc1ccccc1. The molecule has 0 spiro atoms. The number of nitrogens with one attached hydrogen (secondary N) is 1. The lowest BCUT2D eigenvalue weighted by molar-refractivity contribution is 0.336. The number of benzene rings is 2. The van der Waals surface area contributed by atoms with E-state index in [9.17, 15) is 0 Å². The topological polar surface area (TPSA) is 21.3 Å². The smallest absolute Gasteiger partial charge is 0.142 e. The van der Waals surface area contributed by atoms with E-state index in [1.54, 1.807) is 6.07 Å². The van der Waals surface area contributed by atoms with Gasteiger partial charge in [0.15, 0.2) is 0 Å². The molecule has 0 aliphatic carbocycles. The van der Waals surface area contributed by atoms with Crippen LogP contribution in [-0.2, 0) is 13.0 Å². The number of hydrogen-bond acceptors (Lipinski definition) is 2. The van der Waals surface area contributed by atoms with E-state index in [0.717, 1.165) is 24.3 Å². The Morgan fingerprint density at radius 2 is 1.86 bits per heavy atom. The van der Waals surface area contributed by atoms with Crippen LogP contribution in [0.5, 0.6) is 5.75 Å². The number of ether oxygens (including phenoxy) is 1. The van der Waals surface area contributed by atoms with E-state index in [-0.39, 0.29) is 0 Å². The normalized spacial score (nSPS) is 10.6. The van der Waals surface area contributed by atoms with Crippen LogP contribution in [0.15, 0.2) is 42.5 Å². The summed E-state index contributed by atoms with van der Waals surface area (Å²) in [6, 6.07) is 14.0. The van der Waals surface area contributed by atoms with Gasteiger partial charge in [-0.15, -0.1) is 0 Å². The van der Waals surface area contributed by atoms with Crippen LogP contribution in [0.2, 0.25) is 10.0 Å². The fourth-order valence-corrected chi connectivity index (χ4v) is 2.74. The van der Waals surface area contributed by atoms with Gasteiger partial charge in [0.05, 0.1) is 11.6 Å². The van der Waals surface area contributed by atoms with Gasteiger partial charge >= 0.3 is 0 Å². The van der Waals surface area contributed by atoms with Gasteiger partial charge in [-0.3, -0.25) is 0 Å². The number of halogens is 2. The van der Waals surface area contributed by atoms with Crippen LogP contribution >= 0.6 is 23.2 Å². The third-order valence-electron chi connectivity index (χ3n) is 3.12. The molecular weight excluding hydrogens is 305 g/mol. The van der Waals surface area contributed by atoms with E-state index in [2.05, 4.69) is 29.6 Å². The molecule has 4 heteroatoms. The summed E-state index contributed by atoms with van der Waals surface area (Å²) >= 11 is 12.2. The molecule has 0 aliphatic heterocycles. The molecule has 2 aromatic rings. The molecule has 2 aromatic carbocycles. The van der Waals surface area contributed by atoms with Crippen molar-refractivity contribution in [1.29, 1.82) is 0 Å². The predicted octanol–water partition coefficient (Wildman–Crippen LogP) is 4.72. The van der Waals surface area contributed by atoms with Gasteiger partial charge in [-0.05, 0) is 37.6 Å². The van der Waals surface area contributed by atoms with Gasteiger partial charge in [0.1, 0.15) is 5.75 Å². The monoisotopic (exact) mass is 323 g/mol. The van der Waals surface area contributed by atoms with Crippen molar-refractivity contribution in [3.63, 3.8) is 0 Å². The Morgan fingerprint density at radius 1 is 1.10 bits per heavy atom. The lowest BCUT2D eigenvalue weighted by atomic mass is 10.1. The molecule has 0 fully saturated rings. The Bertz CT molecular complexity index is 573. The Hall–Kier alpha value is -1.22.